The Morgan fingerprint density at radius 2 is 1.85 bits per heavy atom. The molecule has 0 unspecified atom stereocenters. The van der Waals surface area contributed by atoms with Crippen molar-refractivity contribution in [2.75, 3.05) is 25.5 Å². The molecule has 0 saturated heterocycles. The lowest BCUT2D eigenvalue weighted by Gasteiger charge is -2.15. The predicted molar refractivity (Wildman–Crippen MR) is 105 cm³/mol. The molecule has 3 aromatic rings. The Kier molecular flexibility index (Phi) is 6.20. The first kappa shape index (κ1) is 18.4. The number of likely N-dealkylation sites (N-methyl/N-ethyl adjacent to an activating group) is 1. The van der Waals surface area contributed by atoms with E-state index in [1.807, 2.05) is 7.05 Å². The van der Waals surface area contributed by atoms with Crippen molar-refractivity contribution in [3.8, 4) is 5.75 Å². The van der Waals surface area contributed by atoms with E-state index in [1.54, 1.807) is 23.5 Å². The van der Waals surface area contributed by atoms with Crippen LogP contribution in [-0.4, -0.2) is 30.1 Å². The molecule has 2 aromatic carbocycles. The van der Waals surface area contributed by atoms with Gasteiger partial charge in [-0.15, -0.1) is 11.3 Å². The topological polar surface area (TPSA) is 37.4 Å². The average Bonchev–Trinajstić information content (AvgIpc) is 3.05. The Morgan fingerprint density at radius 1 is 1.12 bits per heavy atom. The molecule has 0 spiro atoms. The molecule has 0 saturated carbocycles. The zero-order valence-electron chi connectivity index (χ0n) is 14.9. The summed E-state index contributed by atoms with van der Waals surface area (Å²) in [5, 5.41) is 6.28. The van der Waals surface area contributed by atoms with Gasteiger partial charge >= 0.3 is 0 Å². The van der Waals surface area contributed by atoms with Crippen LogP contribution in [0.2, 0.25) is 0 Å². The van der Waals surface area contributed by atoms with E-state index < -0.39 is 0 Å². The number of hydrogen-bond donors (Lipinski definition) is 1. The van der Waals surface area contributed by atoms with Crippen molar-refractivity contribution >= 4 is 22.2 Å². The lowest BCUT2D eigenvalue weighted by Crippen LogP contribution is -2.24. The van der Waals surface area contributed by atoms with Crippen molar-refractivity contribution in [2.24, 2.45) is 0 Å². The number of ether oxygens (including phenoxy) is 1. The lowest BCUT2D eigenvalue weighted by atomic mass is 10.2. The van der Waals surface area contributed by atoms with Gasteiger partial charge in [-0.2, -0.15) is 0 Å². The van der Waals surface area contributed by atoms with Crippen LogP contribution in [0.5, 0.6) is 5.75 Å². The third-order valence-electron chi connectivity index (χ3n) is 3.84. The van der Waals surface area contributed by atoms with Crippen LogP contribution >= 0.6 is 11.3 Å². The van der Waals surface area contributed by atoms with Gasteiger partial charge in [0.25, 0.3) is 0 Å². The molecule has 1 N–H and O–H groups in total. The fourth-order valence-electron chi connectivity index (χ4n) is 2.40. The number of nitrogens with one attached hydrogen (secondary N) is 1. The highest BCUT2D eigenvalue weighted by atomic mass is 32.1. The van der Waals surface area contributed by atoms with E-state index in [9.17, 15) is 4.39 Å². The molecule has 26 heavy (non-hydrogen) atoms. The first-order valence-corrected chi connectivity index (χ1v) is 9.31. The van der Waals surface area contributed by atoms with Gasteiger partial charge < -0.3 is 10.1 Å². The van der Waals surface area contributed by atoms with Crippen molar-refractivity contribution in [3.05, 3.63) is 71.0 Å². The highest BCUT2D eigenvalue weighted by Gasteiger charge is 2.06. The molecule has 3 rings (SSSR count). The van der Waals surface area contributed by atoms with Crippen LogP contribution in [-0.2, 0) is 6.54 Å². The Balaban J connectivity index is 1.44. The molecule has 0 atom stereocenters. The fourth-order valence-corrected chi connectivity index (χ4v) is 3.12. The number of aryl methyl sites for hydroxylation is 1. The molecule has 6 heteroatoms. The third-order valence-corrected chi connectivity index (χ3v) is 4.65. The standard InChI is InChI=1S/C20H22FN3OS/c1-15-3-7-17(8-4-15)22-20-23-18(14-26-20)13-24(2)11-12-25-19-9-5-16(21)6-10-19/h3-10,14H,11-13H2,1-2H3,(H,22,23). The molecule has 0 fully saturated rings. The highest BCUT2D eigenvalue weighted by molar-refractivity contribution is 7.13. The number of benzene rings is 2. The van der Waals surface area contributed by atoms with Gasteiger partial charge in [0.05, 0.1) is 5.69 Å². The maximum Gasteiger partial charge on any atom is 0.187 e. The van der Waals surface area contributed by atoms with Crippen LogP contribution in [0.4, 0.5) is 15.2 Å². The summed E-state index contributed by atoms with van der Waals surface area (Å²) in [6.07, 6.45) is 0. The van der Waals surface area contributed by atoms with E-state index >= 15 is 0 Å². The number of aromatic nitrogens is 1. The van der Waals surface area contributed by atoms with Crippen LogP contribution in [0.1, 0.15) is 11.3 Å². The van der Waals surface area contributed by atoms with E-state index in [4.69, 9.17) is 4.74 Å². The summed E-state index contributed by atoms with van der Waals surface area (Å²) in [5.74, 6) is 0.422. The average molecular weight is 371 g/mol. The smallest absolute Gasteiger partial charge is 0.187 e. The monoisotopic (exact) mass is 371 g/mol. The zero-order chi connectivity index (χ0) is 18.4. The number of thiazole rings is 1. The van der Waals surface area contributed by atoms with Gasteiger partial charge in [-0.1, -0.05) is 17.7 Å². The summed E-state index contributed by atoms with van der Waals surface area (Å²) in [4.78, 5) is 6.77. The summed E-state index contributed by atoms with van der Waals surface area (Å²) in [6.45, 7) is 4.12. The Bertz CT molecular complexity index is 818. The molecule has 0 aliphatic carbocycles. The molecular weight excluding hydrogens is 349 g/mol. The molecule has 0 bridgehead atoms. The van der Waals surface area contributed by atoms with Crippen LogP contribution in [0.25, 0.3) is 0 Å². The quantitative estimate of drug-likeness (QED) is 0.614. The third kappa shape index (κ3) is 5.54. The Hall–Kier alpha value is -2.44. The second-order valence-corrected chi connectivity index (χ2v) is 7.03. The second-order valence-electron chi connectivity index (χ2n) is 6.18. The number of halogens is 1. The molecule has 1 aromatic heterocycles. The fraction of sp³-hybridized carbons (Fsp3) is 0.250. The number of rotatable bonds is 8. The minimum absolute atomic E-state index is 0.256. The van der Waals surface area contributed by atoms with Crippen LogP contribution in [0.15, 0.2) is 53.9 Å². The van der Waals surface area contributed by atoms with Crippen LogP contribution in [0.3, 0.4) is 0 Å². The molecular formula is C20H22FN3OS. The second kappa shape index (κ2) is 8.78. The highest BCUT2D eigenvalue weighted by Crippen LogP contribution is 2.21. The van der Waals surface area contributed by atoms with Gasteiger partial charge in [0.15, 0.2) is 5.13 Å². The molecule has 136 valence electrons. The molecule has 4 nitrogen and oxygen atoms in total. The van der Waals surface area contributed by atoms with E-state index in [1.165, 1.54) is 17.7 Å². The maximum atomic E-state index is 12.9. The summed E-state index contributed by atoms with van der Waals surface area (Å²) in [7, 11) is 2.03. The minimum Gasteiger partial charge on any atom is -0.492 e. The maximum absolute atomic E-state index is 12.9. The first-order valence-electron chi connectivity index (χ1n) is 8.43. The summed E-state index contributed by atoms with van der Waals surface area (Å²) in [6, 6.07) is 14.3. The van der Waals surface area contributed by atoms with Crippen LogP contribution in [0, 0.1) is 12.7 Å². The lowest BCUT2D eigenvalue weighted by molar-refractivity contribution is 0.231. The van der Waals surface area contributed by atoms with Crippen molar-refractivity contribution in [2.45, 2.75) is 13.5 Å². The van der Waals surface area contributed by atoms with Gasteiger partial charge in [0.1, 0.15) is 18.2 Å². The molecule has 1 heterocycles. The zero-order valence-corrected chi connectivity index (χ0v) is 15.7. The van der Waals surface area contributed by atoms with Crippen LogP contribution < -0.4 is 10.1 Å². The number of anilines is 2. The minimum atomic E-state index is -0.256. The largest absolute Gasteiger partial charge is 0.492 e. The molecule has 0 aliphatic rings. The SMILES string of the molecule is Cc1ccc(Nc2nc(CN(C)CCOc3ccc(F)cc3)cs2)cc1. The molecule has 0 radical (unpaired) electrons. The van der Waals surface area contributed by atoms with Gasteiger partial charge in [-0.3, -0.25) is 4.90 Å². The first-order chi connectivity index (χ1) is 12.6. The van der Waals surface area contributed by atoms with Crippen molar-refractivity contribution < 1.29 is 9.13 Å². The summed E-state index contributed by atoms with van der Waals surface area (Å²) in [5.41, 5.74) is 3.30. The van der Waals surface area contributed by atoms with E-state index in [2.05, 4.69) is 51.8 Å². The summed E-state index contributed by atoms with van der Waals surface area (Å²) >= 11 is 1.60. The molecule has 0 aliphatic heterocycles. The van der Waals surface area contributed by atoms with E-state index in [0.29, 0.717) is 12.4 Å². The van der Waals surface area contributed by atoms with E-state index in [-0.39, 0.29) is 5.82 Å². The summed E-state index contributed by atoms with van der Waals surface area (Å²) < 4.78 is 18.5. The van der Waals surface area contributed by atoms with Gasteiger partial charge in [-0.05, 0) is 50.4 Å². The predicted octanol–water partition coefficient (Wildman–Crippen LogP) is 4.85. The molecule has 0 amide bonds. The Morgan fingerprint density at radius 3 is 2.58 bits per heavy atom. The Labute approximate surface area is 157 Å². The number of hydrogen-bond acceptors (Lipinski definition) is 5. The van der Waals surface area contributed by atoms with Crippen molar-refractivity contribution in [1.29, 1.82) is 0 Å². The van der Waals surface area contributed by atoms with Gasteiger partial charge in [0.2, 0.25) is 0 Å². The normalized spacial score (nSPS) is 10.9. The number of nitrogens with zero attached hydrogens (tertiary/aromatic N) is 2. The van der Waals surface area contributed by atoms with Crippen molar-refractivity contribution in [3.63, 3.8) is 0 Å². The van der Waals surface area contributed by atoms with Crippen molar-refractivity contribution in [1.82, 2.24) is 9.88 Å². The van der Waals surface area contributed by atoms with Gasteiger partial charge in [-0.25, -0.2) is 9.37 Å². The van der Waals surface area contributed by atoms with Gasteiger partial charge in [0, 0.05) is 24.2 Å². The van der Waals surface area contributed by atoms with E-state index in [0.717, 1.165) is 29.6 Å².